The van der Waals surface area contributed by atoms with Gasteiger partial charge in [-0.1, -0.05) is 72.0 Å². The number of amides is 4. The molecule has 4 amide bonds. The highest BCUT2D eigenvalue weighted by molar-refractivity contribution is 7.46. The molecule has 1 aromatic heterocycles. The van der Waals surface area contributed by atoms with Crippen LogP contribution in [0.25, 0.3) is 10.2 Å². The average Bonchev–Trinajstić information content (AvgIpc) is 3.44. The Morgan fingerprint density at radius 2 is 1.83 bits per heavy atom. The second-order valence-corrected chi connectivity index (χ2v) is 13.6. The summed E-state index contributed by atoms with van der Waals surface area (Å²) >= 11 is 1.34. The van der Waals surface area contributed by atoms with E-state index < -0.39 is 26.1 Å². The van der Waals surface area contributed by atoms with E-state index in [1.54, 1.807) is 28.1 Å². The number of phosphoric acid groups is 1. The van der Waals surface area contributed by atoms with Gasteiger partial charge in [0.25, 0.3) is 0 Å². The first-order valence-electron chi connectivity index (χ1n) is 15.1. The number of aromatic nitrogens is 1. The zero-order valence-corrected chi connectivity index (χ0v) is 27.4. The molecule has 3 heterocycles. The number of urea groups is 1. The molecule has 3 aromatic carbocycles. The molecular formula is C32H34N7O7PS. The third-order valence-electron chi connectivity index (χ3n) is 8.12. The van der Waals surface area contributed by atoms with Crippen LogP contribution in [0.1, 0.15) is 16.7 Å². The molecule has 14 nitrogen and oxygen atoms in total. The highest BCUT2D eigenvalue weighted by atomic mass is 32.1. The minimum absolute atomic E-state index is 0.0263. The molecule has 250 valence electrons. The summed E-state index contributed by atoms with van der Waals surface area (Å²) in [6, 6.07) is 19.6. The molecular weight excluding hydrogens is 657 g/mol. The molecule has 5 N–H and O–H groups in total. The largest absolute Gasteiger partial charge is 0.524 e. The number of benzene rings is 3. The molecule has 4 aromatic rings. The standard InChI is InChI=1S/C32H34N7O7PS/c1-2-15-37-20-28(40)38-25(16-21-11-13-24(14-12-21)46-47(43,44)45)30(41)36(18-23-9-6-10-26-29(23)35-31(33)48-26)19-27(38)39(37)32(42)34-17-22-7-4-3-5-8-22/h2-14,25,27H,1,15-20H2,(H2,33,35)(H,34,42)(H2,43,44,45)/t25?,27-/m0/s1. The molecule has 0 radical (unpaired) electrons. The van der Waals surface area contributed by atoms with Crippen LogP contribution in [0, 0.1) is 0 Å². The number of nitrogens with one attached hydrogen (secondary N) is 1. The van der Waals surface area contributed by atoms with E-state index in [0.717, 1.165) is 15.8 Å². The van der Waals surface area contributed by atoms with Crippen molar-refractivity contribution in [3.8, 4) is 5.75 Å². The number of hydrazine groups is 1. The molecule has 0 bridgehead atoms. The maximum atomic E-state index is 14.3. The van der Waals surface area contributed by atoms with Gasteiger partial charge in [0.1, 0.15) is 18.0 Å². The number of rotatable bonds is 10. The van der Waals surface area contributed by atoms with E-state index in [0.29, 0.717) is 16.2 Å². The van der Waals surface area contributed by atoms with Crippen molar-refractivity contribution in [2.24, 2.45) is 0 Å². The van der Waals surface area contributed by atoms with Crippen LogP contribution in [0.3, 0.4) is 0 Å². The zero-order chi connectivity index (χ0) is 34.0. The quantitative estimate of drug-likeness (QED) is 0.143. The minimum atomic E-state index is -4.77. The number of anilines is 1. The number of para-hydroxylation sites is 1. The van der Waals surface area contributed by atoms with Crippen LogP contribution in [0.4, 0.5) is 9.93 Å². The van der Waals surface area contributed by atoms with Gasteiger partial charge >= 0.3 is 13.9 Å². The van der Waals surface area contributed by atoms with Crippen molar-refractivity contribution in [1.29, 1.82) is 0 Å². The maximum absolute atomic E-state index is 14.3. The summed E-state index contributed by atoms with van der Waals surface area (Å²) in [5.41, 5.74) is 8.96. The number of fused-ring (bicyclic) bond motifs is 2. The third kappa shape index (κ3) is 7.20. The zero-order valence-electron chi connectivity index (χ0n) is 25.7. The van der Waals surface area contributed by atoms with Crippen LogP contribution in [0.2, 0.25) is 0 Å². The number of phosphoric ester groups is 1. The Balaban J connectivity index is 1.35. The Morgan fingerprint density at radius 1 is 1.08 bits per heavy atom. The van der Waals surface area contributed by atoms with Gasteiger partial charge in [-0.3, -0.25) is 19.4 Å². The molecule has 1 unspecified atom stereocenters. The average molecular weight is 692 g/mol. The Hall–Kier alpha value is -4.79. The third-order valence-corrected chi connectivity index (χ3v) is 9.42. The van der Waals surface area contributed by atoms with Gasteiger partial charge in [0.15, 0.2) is 5.13 Å². The SMILES string of the molecule is C=CCN1CC(=O)N2C(Cc3ccc(OP(=O)(O)O)cc3)C(=O)N(Cc3cccc4sc(N)nc34)C[C@@H]2N1C(=O)NCc1ccccc1. The minimum Gasteiger partial charge on any atom is -0.404 e. The molecule has 16 heteroatoms. The monoisotopic (exact) mass is 691 g/mol. The fourth-order valence-corrected chi connectivity index (χ4v) is 7.28. The first kappa shape index (κ1) is 33.1. The van der Waals surface area contributed by atoms with Gasteiger partial charge in [-0.2, -0.15) is 0 Å². The van der Waals surface area contributed by atoms with Crippen LogP contribution >= 0.6 is 19.2 Å². The summed E-state index contributed by atoms with van der Waals surface area (Å²) in [7, 11) is -4.77. The lowest BCUT2D eigenvalue weighted by atomic mass is 9.98. The van der Waals surface area contributed by atoms with E-state index in [1.165, 1.54) is 33.4 Å². The van der Waals surface area contributed by atoms with Gasteiger partial charge in [-0.05, 0) is 34.9 Å². The Bertz CT molecular complexity index is 1880. The van der Waals surface area contributed by atoms with Gasteiger partial charge < -0.3 is 25.4 Å². The van der Waals surface area contributed by atoms with E-state index in [9.17, 15) is 28.7 Å². The van der Waals surface area contributed by atoms with Crippen LogP contribution < -0.4 is 15.6 Å². The number of carbonyl (C=O) groups excluding carboxylic acids is 3. The number of hydrogen-bond donors (Lipinski definition) is 4. The van der Waals surface area contributed by atoms with Crippen molar-refractivity contribution < 1.29 is 33.3 Å². The van der Waals surface area contributed by atoms with Gasteiger partial charge in [0.05, 0.1) is 23.3 Å². The van der Waals surface area contributed by atoms with E-state index in [2.05, 4.69) is 21.4 Å². The summed E-state index contributed by atoms with van der Waals surface area (Å²) in [5, 5.41) is 6.49. The Labute approximate surface area is 280 Å². The van der Waals surface area contributed by atoms with Crippen molar-refractivity contribution in [3.63, 3.8) is 0 Å². The summed E-state index contributed by atoms with van der Waals surface area (Å²) in [5.74, 6) is -0.701. The Morgan fingerprint density at radius 3 is 2.54 bits per heavy atom. The first-order valence-corrected chi connectivity index (χ1v) is 17.4. The number of nitrogen functional groups attached to an aromatic ring is 1. The van der Waals surface area contributed by atoms with Gasteiger partial charge in [-0.25, -0.2) is 24.4 Å². The highest BCUT2D eigenvalue weighted by Crippen LogP contribution is 2.38. The lowest BCUT2D eigenvalue weighted by molar-refractivity contribution is -0.189. The number of thiazole rings is 1. The topological polar surface area (TPSA) is 182 Å². The molecule has 2 aliphatic heterocycles. The van der Waals surface area contributed by atoms with Crippen molar-refractivity contribution in [2.75, 3.05) is 25.4 Å². The normalized spacial score (nSPS) is 18.6. The molecule has 0 spiro atoms. The number of hydrogen-bond acceptors (Lipinski definition) is 9. The predicted molar refractivity (Wildman–Crippen MR) is 179 cm³/mol. The van der Waals surface area contributed by atoms with Crippen LogP contribution in [0.5, 0.6) is 5.75 Å². The van der Waals surface area contributed by atoms with Crippen molar-refractivity contribution in [3.05, 3.63) is 102 Å². The molecule has 48 heavy (non-hydrogen) atoms. The van der Waals surface area contributed by atoms with E-state index in [1.807, 2.05) is 48.5 Å². The van der Waals surface area contributed by atoms with Crippen LogP contribution in [-0.2, 0) is 33.7 Å². The summed E-state index contributed by atoms with van der Waals surface area (Å²) in [4.78, 5) is 68.1. The second kappa shape index (κ2) is 13.7. The fourth-order valence-electron chi connectivity index (χ4n) is 6.10. The van der Waals surface area contributed by atoms with Crippen LogP contribution in [0.15, 0.2) is 85.5 Å². The molecule has 2 atom stereocenters. The summed E-state index contributed by atoms with van der Waals surface area (Å²) < 4.78 is 16.9. The van der Waals surface area contributed by atoms with Crippen molar-refractivity contribution >= 4 is 52.4 Å². The molecule has 6 rings (SSSR count). The van der Waals surface area contributed by atoms with Gasteiger partial charge in [0, 0.05) is 26.1 Å². The molecule has 0 saturated carbocycles. The van der Waals surface area contributed by atoms with Crippen molar-refractivity contribution in [1.82, 2.24) is 30.1 Å². The predicted octanol–water partition coefficient (Wildman–Crippen LogP) is 3.09. The smallest absolute Gasteiger partial charge is 0.404 e. The fraction of sp³-hybridized carbons (Fsp3) is 0.250. The molecule has 2 aliphatic rings. The van der Waals surface area contributed by atoms with E-state index in [-0.39, 0.29) is 56.7 Å². The second-order valence-electron chi connectivity index (χ2n) is 11.4. The summed E-state index contributed by atoms with van der Waals surface area (Å²) in [6.45, 7) is 4.31. The maximum Gasteiger partial charge on any atom is 0.524 e. The molecule has 2 saturated heterocycles. The number of piperazine rings is 1. The molecule has 2 fully saturated rings. The number of carbonyl (C=O) groups is 3. The van der Waals surface area contributed by atoms with Crippen LogP contribution in [-0.4, -0.2) is 84.3 Å². The Kier molecular flexibility index (Phi) is 9.49. The highest BCUT2D eigenvalue weighted by Gasteiger charge is 2.51. The van der Waals surface area contributed by atoms with E-state index >= 15 is 0 Å². The van der Waals surface area contributed by atoms with Gasteiger partial charge in [0.2, 0.25) is 11.8 Å². The van der Waals surface area contributed by atoms with Crippen molar-refractivity contribution in [2.45, 2.75) is 31.7 Å². The lowest BCUT2D eigenvalue weighted by Gasteiger charge is -2.55. The van der Waals surface area contributed by atoms with E-state index in [4.69, 9.17) is 5.73 Å². The molecule has 0 aliphatic carbocycles. The summed E-state index contributed by atoms with van der Waals surface area (Å²) in [6.07, 6.45) is 0.822. The first-order chi connectivity index (χ1) is 23.0. The lowest BCUT2D eigenvalue weighted by Crippen LogP contribution is -2.76. The number of nitrogens with two attached hydrogens (primary N) is 1. The van der Waals surface area contributed by atoms with Gasteiger partial charge in [-0.15, -0.1) is 6.58 Å². The number of nitrogens with zero attached hydrogens (tertiary/aromatic N) is 5.